The molecule has 0 atom stereocenters. The van der Waals surface area contributed by atoms with Crippen molar-refractivity contribution >= 4 is 17.6 Å². The Kier molecular flexibility index (Phi) is 3.65. The Labute approximate surface area is 114 Å². The highest BCUT2D eigenvalue weighted by Gasteiger charge is 2.13. The van der Waals surface area contributed by atoms with Crippen LogP contribution in [0.3, 0.4) is 0 Å². The second-order valence-electron chi connectivity index (χ2n) is 4.20. The molecule has 0 fully saturated rings. The van der Waals surface area contributed by atoms with Gasteiger partial charge in [-0.3, -0.25) is 15.1 Å². The number of phenols is 2. The maximum atomic E-state index is 10.8. The zero-order valence-corrected chi connectivity index (χ0v) is 10.6. The van der Waals surface area contributed by atoms with Gasteiger partial charge in [-0.05, 0) is 24.6 Å². The Bertz CT molecular complexity index is 696. The molecule has 2 aromatic carbocycles. The molecule has 2 aromatic rings. The van der Waals surface area contributed by atoms with Gasteiger partial charge in [-0.15, -0.1) is 0 Å². The molecule has 0 bridgehead atoms. The second kappa shape index (κ2) is 5.40. The number of nitro benzene ring substituents is 1. The summed E-state index contributed by atoms with van der Waals surface area (Å²) in [5.74, 6) is -0.0832. The van der Waals surface area contributed by atoms with Crippen molar-refractivity contribution in [2.45, 2.75) is 6.92 Å². The molecule has 0 spiro atoms. The highest BCUT2D eigenvalue weighted by Crippen LogP contribution is 2.34. The summed E-state index contributed by atoms with van der Waals surface area (Å²) in [6.07, 6.45) is 1.34. The lowest BCUT2D eigenvalue weighted by Crippen LogP contribution is -1.89. The number of aliphatic imine (C=N–C) groups is 1. The predicted octanol–water partition coefficient (Wildman–Crippen LogP) is 3.07. The smallest absolute Gasteiger partial charge is 0.272 e. The summed E-state index contributed by atoms with van der Waals surface area (Å²) >= 11 is 0. The van der Waals surface area contributed by atoms with Crippen molar-refractivity contribution in [3.63, 3.8) is 0 Å². The monoisotopic (exact) mass is 272 g/mol. The maximum Gasteiger partial charge on any atom is 0.272 e. The van der Waals surface area contributed by atoms with E-state index in [2.05, 4.69) is 4.99 Å². The number of hydrogen-bond donors (Lipinski definition) is 2. The minimum absolute atomic E-state index is 0.0397. The Morgan fingerprint density at radius 2 is 1.95 bits per heavy atom. The first-order valence-electron chi connectivity index (χ1n) is 5.79. The third-order valence-electron chi connectivity index (χ3n) is 2.76. The van der Waals surface area contributed by atoms with Gasteiger partial charge in [0, 0.05) is 23.9 Å². The maximum absolute atomic E-state index is 10.8. The number of rotatable bonds is 3. The summed E-state index contributed by atoms with van der Waals surface area (Å²) in [6, 6.07) is 8.98. The minimum atomic E-state index is -0.550. The van der Waals surface area contributed by atoms with E-state index in [9.17, 15) is 20.3 Å². The summed E-state index contributed by atoms with van der Waals surface area (Å²) in [4.78, 5) is 14.2. The van der Waals surface area contributed by atoms with Crippen LogP contribution in [0.1, 0.15) is 11.1 Å². The number of para-hydroxylation sites is 1. The van der Waals surface area contributed by atoms with Crippen LogP contribution >= 0.6 is 0 Å². The summed E-state index contributed by atoms with van der Waals surface area (Å²) in [7, 11) is 0. The van der Waals surface area contributed by atoms with E-state index in [-0.39, 0.29) is 22.9 Å². The van der Waals surface area contributed by atoms with E-state index in [1.807, 2.05) is 0 Å². The molecule has 0 amide bonds. The molecule has 0 aromatic heterocycles. The molecule has 2 N–H and O–H groups in total. The average molecular weight is 272 g/mol. The Morgan fingerprint density at radius 1 is 1.25 bits per heavy atom. The third-order valence-corrected chi connectivity index (χ3v) is 2.76. The Hall–Kier alpha value is -2.89. The molecule has 102 valence electrons. The summed E-state index contributed by atoms with van der Waals surface area (Å²) < 4.78 is 0. The fourth-order valence-electron chi connectivity index (χ4n) is 1.68. The van der Waals surface area contributed by atoms with Gasteiger partial charge in [0.05, 0.1) is 4.92 Å². The van der Waals surface area contributed by atoms with Gasteiger partial charge in [0.1, 0.15) is 17.2 Å². The van der Waals surface area contributed by atoms with Gasteiger partial charge in [-0.1, -0.05) is 12.1 Å². The van der Waals surface area contributed by atoms with Crippen molar-refractivity contribution in [1.82, 2.24) is 0 Å². The van der Waals surface area contributed by atoms with Crippen molar-refractivity contribution in [2.24, 2.45) is 4.99 Å². The normalized spacial score (nSPS) is 10.8. The van der Waals surface area contributed by atoms with Crippen LogP contribution in [-0.2, 0) is 0 Å². The fraction of sp³-hybridized carbons (Fsp3) is 0.0714. The second-order valence-corrected chi connectivity index (χ2v) is 4.20. The topological polar surface area (TPSA) is 96.0 Å². The first-order chi connectivity index (χ1) is 9.49. The quantitative estimate of drug-likeness (QED) is 0.510. The molecule has 2 rings (SSSR count). The number of aromatic hydroxyl groups is 2. The number of aryl methyl sites for hydroxylation is 1. The van der Waals surface area contributed by atoms with E-state index in [4.69, 9.17) is 0 Å². The summed E-state index contributed by atoms with van der Waals surface area (Å²) in [6.45, 7) is 1.56. The lowest BCUT2D eigenvalue weighted by Gasteiger charge is -2.03. The third kappa shape index (κ3) is 2.74. The molecule has 0 heterocycles. The number of nitrogens with zero attached hydrogens (tertiary/aromatic N) is 2. The van der Waals surface area contributed by atoms with Crippen LogP contribution in [-0.4, -0.2) is 21.4 Å². The zero-order chi connectivity index (χ0) is 14.7. The number of hydrogen-bond acceptors (Lipinski definition) is 5. The lowest BCUT2D eigenvalue weighted by molar-refractivity contribution is -0.384. The molecule has 0 radical (unpaired) electrons. The van der Waals surface area contributed by atoms with Crippen LogP contribution in [0, 0.1) is 17.0 Å². The molecule has 6 heteroatoms. The van der Waals surface area contributed by atoms with Crippen LogP contribution in [0.15, 0.2) is 41.4 Å². The molecular weight excluding hydrogens is 260 g/mol. The SMILES string of the molecule is Cc1cc([N+](=O)[O-])cc(N=Cc2ccccc2O)c1O. The summed E-state index contributed by atoms with van der Waals surface area (Å²) in [5.41, 5.74) is 0.754. The van der Waals surface area contributed by atoms with Crippen LogP contribution in [0.4, 0.5) is 11.4 Å². The first-order valence-corrected chi connectivity index (χ1v) is 5.79. The molecule has 0 saturated heterocycles. The highest BCUT2D eigenvalue weighted by molar-refractivity contribution is 5.86. The number of benzene rings is 2. The minimum Gasteiger partial charge on any atom is -0.507 e. The molecular formula is C14H12N2O4. The number of non-ortho nitro benzene ring substituents is 1. The Balaban J connectivity index is 2.43. The highest BCUT2D eigenvalue weighted by atomic mass is 16.6. The molecule has 20 heavy (non-hydrogen) atoms. The summed E-state index contributed by atoms with van der Waals surface area (Å²) in [5, 5.41) is 30.2. The van der Waals surface area contributed by atoms with E-state index in [1.54, 1.807) is 25.1 Å². The standard InChI is InChI=1S/C14H12N2O4/c1-9-6-11(16(19)20)7-12(14(9)18)15-8-10-4-2-3-5-13(10)17/h2-8,17-18H,1H3. The van der Waals surface area contributed by atoms with E-state index in [0.717, 1.165) is 0 Å². The van der Waals surface area contributed by atoms with Crippen molar-refractivity contribution in [3.8, 4) is 11.5 Å². The first kappa shape index (κ1) is 13.5. The Morgan fingerprint density at radius 3 is 2.60 bits per heavy atom. The molecule has 0 unspecified atom stereocenters. The molecule has 0 aliphatic rings. The number of phenolic OH excluding ortho intramolecular Hbond substituents is 2. The van der Waals surface area contributed by atoms with Crippen LogP contribution in [0.25, 0.3) is 0 Å². The van der Waals surface area contributed by atoms with Crippen LogP contribution in [0.2, 0.25) is 0 Å². The fourth-order valence-corrected chi connectivity index (χ4v) is 1.68. The van der Waals surface area contributed by atoms with Crippen molar-refractivity contribution in [1.29, 1.82) is 0 Å². The van der Waals surface area contributed by atoms with Gasteiger partial charge in [0.25, 0.3) is 5.69 Å². The predicted molar refractivity (Wildman–Crippen MR) is 74.9 cm³/mol. The van der Waals surface area contributed by atoms with Gasteiger partial charge in [-0.25, -0.2) is 0 Å². The molecule has 6 nitrogen and oxygen atoms in total. The van der Waals surface area contributed by atoms with Crippen molar-refractivity contribution in [3.05, 3.63) is 57.6 Å². The van der Waals surface area contributed by atoms with Gasteiger partial charge in [0.2, 0.25) is 0 Å². The van der Waals surface area contributed by atoms with E-state index >= 15 is 0 Å². The van der Waals surface area contributed by atoms with Gasteiger partial charge < -0.3 is 10.2 Å². The molecule has 0 aliphatic carbocycles. The number of nitro groups is 1. The van der Waals surface area contributed by atoms with Crippen molar-refractivity contribution in [2.75, 3.05) is 0 Å². The molecule has 0 saturated carbocycles. The average Bonchev–Trinajstić information content (AvgIpc) is 2.41. The van der Waals surface area contributed by atoms with E-state index in [0.29, 0.717) is 11.1 Å². The van der Waals surface area contributed by atoms with Gasteiger partial charge in [-0.2, -0.15) is 0 Å². The van der Waals surface area contributed by atoms with Gasteiger partial charge in [0.15, 0.2) is 0 Å². The van der Waals surface area contributed by atoms with E-state index < -0.39 is 4.92 Å². The van der Waals surface area contributed by atoms with Gasteiger partial charge >= 0.3 is 0 Å². The van der Waals surface area contributed by atoms with Crippen LogP contribution in [0.5, 0.6) is 11.5 Å². The van der Waals surface area contributed by atoms with E-state index in [1.165, 1.54) is 24.4 Å². The lowest BCUT2D eigenvalue weighted by atomic mass is 10.1. The van der Waals surface area contributed by atoms with Crippen molar-refractivity contribution < 1.29 is 15.1 Å². The van der Waals surface area contributed by atoms with Crippen LogP contribution < -0.4 is 0 Å². The largest absolute Gasteiger partial charge is 0.507 e. The molecule has 0 aliphatic heterocycles. The zero-order valence-electron chi connectivity index (χ0n) is 10.6.